The van der Waals surface area contributed by atoms with Crippen molar-refractivity contribution in [3.63, 3.8) is 0 Å². The van der Waals surface area contributed by atoms with Crippen LogP contribution in [0.3, 0.4) is 0 Å². The summed E-state index contributed by atoms with van der Waals surface area (Å²) in [7, 11) is 3.17. The number of ether oxygens (including phenoxy) is 2. The number of hydrogen-bond donors (Lipinski definition) is 0. The molecule has 0 bridgehead atoms. The Labute approximate surface area is 198 Å². The van der Waals surface area contributed by atoms with Crippen molar-refractivity contribution in [2.45, 2.75) is 32.7 Å². The fourth-order valence-corrected chi connectivity index (χ4v) is 4.65. The summed E-state index contributed by atoms with van der Waals surface area (Å²) in [5.41, 5.74) is 1.25. The molecule has 174 valence electrons. The molecule has 0 spiro atoms. The minimum absolute atomic E-state index is 0.0387. The van der Waals surface area contributed by atoms with Gasteiger partial charge in [0.2, 0.25) is 0 Å². The first-order valence-electron chi connectivity index (χ1n) is 11.0. The van der Waals surface area contributed by atoms with Gasteiger partial charge in [-0.3, -0.25) is 9.59 Å². The minimum Gasteiger partial charge on any atom is -0.493 e. The van der Waals surface area contributed by atoms with Crippen LogP contribution in [-0.4, -0.2) is 60.8 Å². The van der Waals surface area contributed by atoms with Gasteiger partial charge in [-0.2, -0.15) is 5.10 Å². The first-order valence-corrected chi connectivity index (χ1v) is 11.3. The number of nitrogens with zero attached hydrogens (tertiary/aromatic N) is 3. The maximum Gasteiger partial charge on any atom is 0.255 e. The number of hydrazone groups is 1. The van der Waals surface area contributed by atoms with Crippen molar-refractivity contribution in [1.29, 1.82) is 0 Å². The van der Waals surface area contributed by atoms with Crippen molar-refractivity contribution >= 4 is 29.1 Å². The van der Waals surface area contributed by atoms with Crippen molar-refractivity contribution in [3.05, 3.63) is 58.6 Å². The Morgan fingerprint density at radius 1 is 1.06 bits per heavy atom. The van der Waals surface area contributed by atoms with Gasteiger partial charge in [-0.1, -0.05) is 23.7 Å². The predicted molar refractivity (Wildman–Crippen MR) is 127 cm³/mol. The molecular weight excluding hydrogens is 442 g/mol. The van der Waals surface area contributed by atoms with Gasteiger partial charge < -0.3 is 14.4 Å². The third-order valence-electron chi connectivity index (χ3n) is 6.40. The van der Waals surface area contributed by atoms with Crippen LogP contribution in [0.15, 0.2) is 47.6 Å². The average molecular weight is 470 g/mol. The highest BCUT2D eigenvalue weighted by atomic mass is 35.5. The fraction of sp³-hybridized carbons (Fsp3) is 0.400. The van der Waals surface area contributed by atoms with E-state index in [4.69, 9.17) is 26.2 Å². The molecule has 0 unspecified atom stereocenters. The van der Waals surface area contributed by atoms with E-state index < -0.39 is 5.41 Å². The summed E-state index contributed by atoms with van der Waals surface area (Å²) < 4.78 is 10.8. The van der Waals surface area contributed by atoms with Crippen LogP contribution in [0.5, 0.6) is 11.5 Å². The van der Waals surface area contributed by atoms with Gasteiger partial charge in [-0.25, -0.2) is 5.01 Å². The molecule has 2 aliphatic heterocycles. The number of amides is 2. The van der Waals surface area contributed by atoms with Gasteiger partial charge in [0.25, 0.3) is 11.8 Å². The SMILES string of the molecule is COc1ccc(C2=NN(C3CCN(C(=O)c4ccccc4Cl)CC3)C(=O)C2(C)C)cc1OC. The minimum atomic E-state index is -0.774. The van der Waals surface area contributed by atoms with E-state index >= 15 is 0 Å². The molecular formula is C25H28ClN3O4. The van der Waals surface area contributed by atoms with Crippen LogP contribution in [0.2, 0.25) is 5.02 Å². The molecule has 2 aliphatic rings. The normalized spacial score (nSPS) is 18.3. The van der Waals surface area contributed by atoms with Gasteiger partial charge in [-0.15, -0.1) is 0 Å². The third kappa shape index (κ3) is 4.17. The Kier molecular flexibility index (Phi) is 6.34. The lowest BCUT2D eigenvalue weighted by Gasteiger charge is -2.35. The molecule has 8 heteroatoms. The third-order valence-corrected chi connectivity index (χ3v) is 6.73. The summed E-state index contributed by atoms with van der Waals surface area (Å²) in [4.78, 5) is 28.0. The van der Waals surface area contributed by atoms with Crippen molar-refractivity contribution in [2.24, 2.45) is 10.5 Å². The highest BCUT2D eigenvalue weighted by molar-refractivity contribution is 6.33. The molecule has 2 heterocycles. The molecule has 0 atom stereocenters. The van der Waals surface area contributed by atoms with E-state index in [9.17, 15) is 9.59 Å². The number of likely N-dealkylation sites (tertiary alicyclic amines) is 1. The summed E-state index contributed by atoms with van der Waals surface area (Å²) in [6.07, 6.45) is 1.31. The summed E-state index contributed by atoms with van der Waals surface area (Å²) in [5, 5.41) is 6.83. The zero-order valence-corrected chi connectivity index (χ0v) is 20.1. The number of piperidine rings is 1. The highest BCUT2D eigenvalue weighted by Crippen LogP contribution is 2.37. The predicted octanol–water partition coefficient (Wildman–Crippen LogP) is 4.23. The largest absolute Gasteiger partial charge is 0.493 e. The fourth-order valence-electron chi connectivity index (χ4n) is 4.43. The number of carbonyl (C=O) groups excluding carboxylic acids is 2. The molecule has 0 radical (unpaired) electrons. The summed E-state index contributed by atoms with van der Waals surface area (Å²) in [5.74, 6) is 1.09. The molecule has 0 aliphatic carbocycles. The molecule has 4 rings (SSSR count). The van der Waals surface area contributed by atoms with Gasteiger partial charge in [0.1, 0.15) is 0 Å². The van der Waals surface area contributed by atoms with Crippen molar-refractivity contribution in [2.75, 3.05) is 27.3 Å². The smallest absolute Gasteiger partial charge is 0.255 e. The van der Waals surface area contributed by atoms with Gasteiger partial charge >= 0.3 is 0 Å². The number of rotatable bonds is 5. The molecule has 0 aromatic heterocycles. The Balaban J connectivity index is 1.52. The molecule has 0 saturated carbocycles. The van der Waals surface area contributed by atoms with Crippen molar-refractivity contribution in [3.8, 4) is 11.5 Å². The lowest BCUT2D eigenvalue weighted by atomic mass is 9.83. The van der Waals surface area contributed by atoms with Crippen LogP contribution in [-0.2, 0) is 4.79 Å². The Hall–Kier alpha value is -3.06. The lowest BCUT2D eigenvalue weighted by Crippen LogP contribution is -2.47. The van der Waals surface area contributed by atoms with E-state index in [1.54, 1.807) is 48.4 Å². The first-order chi connectivity index (χ1) is 15.8. The van der Waals surface area contributed by atoms with Crippen LogP contribution in [0.25, 0.3) is 0 Å². The quantitative estimate of drug-likeness (QED) is 0.656. The van der Waals surface area contributed by atoms with Crippen molar-refractivity contribution < 1.29 is 19.1 Å². The van der Waals surface area contributed by atoms with Crippen LogP contribution >= 0.6 is 11.6 Å². The average Bonchev–Trinajstić information content (AvgIpc) is 3.07. The van der Waals surface area contributed by atoms with Crippen LogP contribution in [0, 0.1) is 5.41 Å². The molecule has 2 aromatic carbocycles. The van der Waals surface area contributed by atoms with Gasteiger partial charge in [0.15, 0.2) is 11.5 Å². The summed E-state index contributed by atoms with van der Waals surface area (Å²) >= 11 is 6.20. The summed E-state index contributed by atoms with van der Waals surface area (Å²) in [6, 6.07) is 12.6. The molecule has 2 aromatic rings. The Morgan fingerprint density at radius 3 is 2.36 bits per heavy atom. The molecule has 1 fully saturated rings. The van der Waals surface area contributed by atoms with E-state index in [-0.39, 0.29) is 17.9 Å². The molecule has 2 amide bonds. The van der Waals surface area contributed by atoms with E-state index in [1.165, 1.54) is 0 Å². The number of hydrogen-bond acceptors (Lipinski definition) is 5. The molecule has 33 heavy (non-hydrogen) atoms. The van der Waals surface area contributed by atoms with Gasteiger partial charge in [-0.05, 0) is 57.0 Å². The lowest BCUT2D eigenvalue weighted by molar-refractivity contribution is -0.137. The van der Waals surface area contributed by atoms with Crippen LogP contribution in [0.1, 0.15) is 42.6 Å². The van der Waals surface area contributed by atoms with Crippen LogP contribution < -0.4 is 9.47 Å². The second kappa shape index (κ2) is 9.06. The zero-order chi connectivity index (χ0) is 23.8. The van der Waals surface area contributed by atoms with Gasteiger partial charge in [0, 0.05) is 18.7 Å². The monoisotopic (exact) mass is 469 g/mol. The number of benzene rings is 2. The van der Waals surface area contributed by atoms with E-state index in [0.717, 1.165) is 5.56 Å². The molecule has 7 nitrogen and oxygen atoms in total. The second-order valence-electron chi connectivity index (χ2n) is 8.80. The Morgan fingerprint density at radius 2 is 1.73 bits per heavy atom. The number of halogens is 1. The van der Waals surface area contributed by atoms with Gasteiger partial charge in [0.05, 0.1) is 42.0 Å². The first kappa shape index (κ1) is 23.1. The maximum absolute atomic E-state index is 13.3. The maximum atomic E-state index is 13.3. The van der Waals surface area contributed by atoms with E-state index in [0.29, 0.717) is 53.7 Å². The topological polar surface area (TPSA) is 71.4 Å². The van der Waals surface area contributed by atoms with E-state index in [2.05, 4.69) is 0 Å². The summed E-state index contributed by atoms with van der Waals surface area (Å²) in [6.45, 7) is 4.86. The Bertz CT molecular complexity index is 1110. The standard InChI is InChI=1S/C25H28ClN3O4/c1-25(2)22(16-9-10-20(32-3)21(15-16)33-4)27-29(24(25)31)17-11-13-28(14-12-17)23(30)18-7-5-6-8-19(18)26/h5-10,15,17H,11-14H2,1-4H3. The molecule has 1 saturated heterocycles. The van der Waals surface area contributed by atoms with E-state index in [1.807, 2.05) is 32.0 Å². The second-order valence-corrected chi connectivity index (χ2v) is 9.20. The number of carbonyl (C=O) groups is 2. The van der Waals surface area contributed by atoms with Crippen LogP contribution in [0.4, 0.5) is 0 Å². The zero-order valence-electron chi connectivity index (χ0n) is 19.3. The highest BCUT2D eigenvalue weighted by Gasteiger charge is 2.47. The van der Waals surface area contributed by atoms with Crippen molar-refractivity contribution in [1.82, 2.24) is 9.91 Å². The molecule has 0 N–H and O–H groups in total. The number of methoxy groups -OCH3 is 2.